The summed E-state index contributed by atoms with van der Waals surface area (Å²) in [5.41, 5.74) is 2.29. The quantitative estimate of drug-likeness (QED) is 0.564. The predicted molar refractivity (Wildman–Crippen MR) is 84.3 cm³/mol. The van der Waals surface area contributed by atoms with Crippen LogP contribution in [0, 0.1) is 0 Å². The zero-order valence-electron chi connectivity index (χ0n) is 11.8. The fourth-order valence-electron chi connectivity index (χ4n) is 3.63. The van der Waals surface area contributed by atoms with Crippen LogP contribution in [0.15, 0.2) is 0 Å². The second kappa shape index (κ2) is 7.45. The van der Waals surface area contributed by atoms with Gasteiger partial charge in [-0.3, -0.25) is 0 Å². The van der Waals surface area contributed by atoms with Crippen LogP contribution in [-0.2, 0) is 0 Å². The minimum Gasteiger partial charge on any atom is -0.102 e. The highest BCUT2D eigenvalue weighted by molar-refractivity contribution is 7.74. The molecule has 17 heavy (non-hydrogen) atoms. The third kappa shape index (κ3) is 4.47. The molecule has 0 amide bonds. The van der Waals surface area contributed by atoms with Gasteiger partial charge in [0.15, 0.2) is 0 Å². The molecule has 2 rings (SSSR count). The Bertz CT molecular complexity index is 183. The summed E-state index contributed by atoms with van der Waals surface area (Å²) in [6.07, 6.45) is 15.4. The first-order valence-corrected chi connectivity index (χ1v) is 11.8. The fourth-order valence-corrected chi connectivity index (χ4v) is 10.8. The van der Waals surface area contributed by atoms with Crippen LogP contribution in [0.3, 0.4) is 0 Å². The van der Waals surface area contributed by atoms with Gasteiger partial charge in [-0.1, -0.05) is 38.5 Å². The van der Waals surface area contributed by atoms with Crippen molar-refractivity contribution in [3.63, 3.8) is 0 Å². The number of hydrogen-bond acceptors (Lipinski definition) is 0. The van der Waals surface area contributed by atoms with E-state index >= 15 is 0 Å². The summed E-state index contributed by atoms with van der Waals surface area (Å²) in [6.45, 7) is 5.24. The molecular weight excluding hydrogens is 242 g/mol. The first-order chi connectivity index (χ1) is 8.27. The summed E-state index contributed by atoms with van der Waals surface area (Å²) >= 11 is 0. The van der Waals surface area contributed by atoms with E-state index in [1.807, 2.05) is 0 Å². The first-order valence-electron chi connectivity index (χ1n) is 7.68. The zero-order chi connectivity index (χ0) is 12.1. The number of hydrogen-bond donors (Lipinski definition) is 0. The molecule has 2 aliphatic carbocycles. The molecule has 2 unspecified atom stereocenters. The van der Waals surface area contributed by atoms with Crippen molar-refractivity contribution in [3.05, 3.63) is 0 Å². The Morgan fingerprint density at radius 2 is 1.00 bits per heavy atom. The molecule has 0 aromatic rings. The van der Waals surface area contributed by atoms with E-state index in [9.17, 15) is 0 Å². The largest absolute Gasteiger partial charge is 0.102 e. The van der Waals surface area contributed by atoms with Gasteiger partial charge in [-0.15, -0.1) is 15.8 Å². The molecule has 2 heteroatoms. The Hall–Kier alpha value is 0.860. The lowest BCUT2D eigenvalue weighted by Gasteiger charge is -2.34. The monoisotopic (exact) mass is 272 g/mol. The van der Waals surface area contributed by atoms with Gasteiger partial charge in [0.1, 0.15) is 0 Å². The Morgan fingerprint density at radius 1 is 0.647 bits per heavy atom. The van der Waals surface area contributed by atoms with Gasteiger partial charge in [0, 0.05) is 0 Å². The van der Waals surface area contributed by atoms with Gasteiger partial charge in [0.05, 0.1) is 0 Å². The van der Waals surface area contributed by atoms with Crippen molar-refractivity contribution in [2.24, 2.45) is 0 Å². The molecule has 0 nitrogen and oxygen atoms in total. The van der Waals surface area contributed by atoms with E-state index in [-0.39, 0.29) is 0 Å². The smallest absolute Gasteiger partial charge is 0.0120 e. The Balaban J connectivity index is 1.74. The molecule has 0 aromatic carbocycles. The van der Waals surface area contributed by atoms with E-state index in [0.29, 0.717) is 15.8 Å². The molecule has 0 bridgehead atoms. The Kier molecular flexibility index (Phi) is 6.25. The van der Waals surface area contributed by atoms with Gasteiger partial charge in [0.2, 0.25) is 0 Å². The SMILES string of the molecule is CP(CP(C)C1CCCCC1)C1CCCCC1. The third-order valence-corrected chi connectivity index (χ3v) is 11.9. The van der Waals surface area contributed by atoms with E-state index in [1.54, 1.807) is 31.6 Å². The topological polar surface area (TPSA) is 0 Å². The van der Waals surface area contributed by atoms with Gasteiger partial charge in [-0.05, 0) is 56.2 Å². The first kappa shape index (κ1) is 14.3. The molecule has 0 aliphatic heterocycles. The van der Waals surface area contributed by atoms with Crippen LogP contribution in [0.1, 0.15) is 64.2 Å². The standard InChI is InChI=1S/C15H30P2/c1-16(14-9-5-3-6-10-14)13-17(2)15-11-7-4-8-12-15/h14-15H,3-13H2,1-2H3. The minimum absolute atomic E-state index is 0.366. The predicted octanol–water partition coefficient (Wildman–Crippen LogP) is 5.83. The van der Waals surface area contributed by atoms with E-state index in [1.165, 1.54) is 38.5 Å². The maximum Gasteiger partial charge on any atom is -0.0120 e. The fraction of sp³-hybridized carbons (Fsp3) is 1.00. The second-order valence-corrected chi connectivity index (χ2v) is 11.9. The van der Waals surface area contributed by atoms with Crippen LogP contribution in [0.25, 0.3) is 0 Å². The van der Waals surface area contributed by atoms with Crippen LogP contribution in [0.4, 0.5) is 0 Å². The molecular formula is C15H30P2. The summed E-state index contributed by atoms with van der Waals surface area (Å²) in [4.78, 5) is 0. The molecule has 2 aliphatic rings. The summed E-state index contributed by atoms with van der Waals surface area (Å²) < 4.78 is 0. The summed E-state index contributed by atoms with van der Waals surface area (Å²) in [7, 11) is 0.732. The second-order valence-electron chi connectivity index (χ2n) is 6.24. The molecule has 2 saturated carbocycles. The zero-order valence-corrected chi connectivity index (χ0v) is 13.6. The lowest BCUT2D eigenvalue weighted by Crippen LogP contribution is -2.15. The van der Waals surface area contributed by atoms with Crippen molar-refractivity contribution in [2.45, 2.75) is 75.5 Å². The maximum absolute atomic E-state index is 2.62. The normalized spacial score (nSPS) is 27.9. The van der Waals surface area contributed by atoms with Crippen molar-refractivity contribution in [2.75, 3.05) is 19.2 Å². The third-order valence-electron chi connectivity index (χ3n) is 4.84. The van der Waals surface area contributed by atoms with Gasteiger partial charge in [-0.25, -0.2) is 0 Å². The Labute approximate surface area is 111 Å². The van der Waals surface area contributed by atoms with Crippen molar-refractivity contribution < 1.29 is 0 Å². The summed E-state index contributed by atoms with van der Waals surface area (Å²) in [6, 6.07) is 0. The highest BCUT2D eigenvalue weighted by Gasteiger charge is 2.25. The van der Waals surface area contributed by atoms with Gasteiger partial charge >= 0.3 is 0 Å². The highest BCUT2D eigenvalue weighted by atomic mass is 31.2. The number of rotatable bonds is 4. The van der Waals surface area contributed by atoms with Crippen molar-refractivity contribution in [1.82, 2.24) is 0 Å². The molecule has 0 aromatic heterocycles. The van der Waals surface area contributed by atoms with Crippen LogP contribution >= 0.6 is 15.8 Å². The van der Waals surface area contributed by atoms with Crippen molar-refractivity contribution in [3.8, 4) is 0 Å². The van der Waals surface area contributed by atoms with Crippen molar-refractivity contribution in [1.29, 1.82) is 0 Å². The highest BCUT2D eigenvalue weighted by Crippen LogP contribution is 2.57. The maximum atomic E-state index is 2.62. The lowest BCUT2D eigenvalue weighted by atomic mass is 10.0. The lowest BCUT2D eigenvalue weighted by molar-refractivity contribution is 0.509. The van der Waals surface area contributed by atoms with Crippen LogP contribution in [-0.4, -0.2) is 30.6 Å². The van der Waals surface area contributed by atoms with Gasteiger partial charge < -0.3 is 0 Å². The molecule has 2 atom stereocenters. The average molecular weight is 272 g/mol. The van der Waals surface area contributed by atoms with Crippen molar-refractivity contribution >= 4 is 15.8 Å². The van der Waals surface area contributed by atoms with Gasteiger partial charge in [-0.2, -0.15) is 0 Å². The molecule has 0 saturated heterocycles. The molecule has 0 radical (unpaired) electrons. The molecule has 0 spiro atoms. The van der Waals surface area contributed by atoms with Crippen LogP contribution < -0.4 is 0 Å². The van der Waals surface area contributed by atoms with Crippen LogP contribution in [0.5, 0.6) is 0 Å². The van der Waals surface area contributed by atoms with E-state index < -0.39 is 0 Å². The molecule has 0 heterocycles. The molecule has 100 valence electrons. The minimum atomic E-state index is 0.366. The van der Waals surface area contributed by atoms with Crippen LogP contribution in [0.2, 0.25) is 0 Å². The van der Waals surface area contributed by atoms with E-state index in [4.69, 9.17) is 0 Å². The summed E-state index contributed by atoms with van der Waals surface area (Å²) in [5, 5.41) is 0. The summed E-state index contributed by atoms with van der Waals surface area (Å²) in [5.74, 6) is 1.64. The Morgan fingerprint density at radius 3 is 1.35 bits per heavy atom. The molecule has 0 N–H and O–H groups in total. The van der Waals surface area contributed by atoms with E-state index in [0.717, 1.165) is 11.3 Å². The molecule has 2 fully saturated rings. The van der Waals surface area contributed by atoms with Gasteiger partial charge in [0.25, 0.3) is 0 Å². The average Bonchev–Trinajstić information content (AvgIpc) is 2.40. The van der Waals surface area contributed by atoms with E-state index in [2.05, 4.69) is 13.3 Å².